The van der Waals surface area contributed by atoms with Crippen LogP contribution < -0.4 is 5.32 Å². The first-order chi connectivity index (χ1) is 10.3. The minimum atomic E-state index is -1.67. The van der Waals surface area contributed by atoms with E-state index < -0.39 is 17.4 Å². The molecule has 0 aliphatic rings. The third-order valence-electron chi connectivity index (χ3n) is 3.01. The zero-order valence-corrected chi connectivity index (χ0v) is 12.8. The summed E-state index contributed by atoms with van der Waals surface area (Å²) in [6.45, 7) is 1.14. The van der Waals surface area contributed by atoms with Gasteiger partial charge in [0.2, 0.25) is 5.91 Å². The zero-order chi connectivity index (χ0) is 16.3. The summed E-state index contributed by atoms with van der Waals surface area (Å²) in [5.41, 5.74) is -1.38. The van der Waals surface area contributed by atoms with Crippen molar-refractivity contribution in [1.29, 1.82) is 0 Å². The van der Waals surface area contributed by atoms with Gasteiger partial charge in [-0.3, -0.25) is 4.79 Å². The summed E-state index contributed by atoms with van der Waals surface area (Å²) in [4.78, 5) is 23.6. The van der Waals surface area contributed by atoms with Gasteiger partial charge in [0.25, 0.3) is 0 Å². The molecule has 1 atom stereocenters. The van der Waals surface area contributed by atoms with Gasteiger partial charge in [-0.1, -0.05) is 29.3 Å². The van der Waals surface area contributed by atoms with Crippen molar-refractivity contribution in [3.05, 3.63) is 40.1 Å². The Morgan fingerprint density at radius 1 is 1.36 bits per heavy atom. The SMILES string of the molecule is CC(NC(=O)Cn1cnnn1)(C(=O)O)c1ccc(Cl)c(Cl)c1. The van der Waals surface area contributed by atoms with Crippen molar-refractivity contribution < 1.29 is 14.7 Å². The van der Waals surface area contributed by atoms with Gasteiger partial charge in [-0.05, 0) is 35.0 Å². The second-order valence-electron chi connectivity index (χ2n) is 4.61. The predicted molar refractivity (Wildman–Crippen MR) is 77.4 cm³/mol. The molecule has 1 aromatic heterocycles. The summed E-state index contributed by atoms with van der Waals surface area (Å²) in [7, 11) is 0. The number of hydrogen-bond donors (Lipinski definition) is 2. The molecule has 22 heavy (non-hydrogen) atoms. The molecule has 0 bridgehead atoms. The Kier molecular flexibility index (Phi) is 4.62. The first-order valence-electron chi connectivity index (χ1n) is 6.03. The lowest BCUT2D eigenvalue weighted by molar-refractivity contribution is -0.147. The first-order valence-corrected chi connectivity index (χ1v) is 6.79. The van der Waals surface area contributed by atoms with E-state index in [0.717, 1.165) is 0 Å². The molecule has 2 N–H and O–H groups in total. The van der Waals surface area contributed by atoms with Crippen LogP contribution in [0, 0.1) is 0 Å². The number of hydrogen-bond acceptors (Lipinski definition) is 5. The summed E-state index contributed by atoms with van der Waals surface area (Å²) < 4.78 is 1.17. The Bertz CT molecular complexity index is 707. The number of amides is 1. The Morgan fingerprint density at radius 2 is 2.09 bits per heavy atom. The van der Waals surface area contributed by atoms with Gasteiger partial charge in [0.05, 0.1) is 10.0 Å². The van der Waals surface area contributed by atoms with Crippen LogP contribution in [0.2, 0.25) is 10.0 Å². The van der Waals surface area contributed by atoms with Crippen molar-refractivity contribution in [2.75, 3.05) is 0 Å². The summed E-state index contributed by atoms with van der Waals surface area (Å²) in [6.07, 6.45) is 1.25. The molecule has 1 aromatic carbocycles. The molecule has 116 valence electrons. The normalized spacial score (nSPS) is 13.4. The summed E-state index contributed by atoms with van der Waals surface area (Å²) >= 11 is 11.7. The van der Waals surface area contributed by atoms with Crippen molar-refractivity contribution in [1.82, 2.24) is 25.5 Å². The molecule has 0 aliphatic carbocycles. The van der Waals surface area contributed by atoms with E-state index in [-0.39, 0.29) is 16.6 Å². The Hall–Kier alpha value is -2.19. The van der Waals surface area contributed by atoms with Gasteiger partial charge >= 0.3 is 5.97 Å². The molecule has 2 aromatic rings. The monoisotopic (exact) mass is 343 g/mol. The molecule has 2 rings (SSSR count). The van der Waals surface area contributed by atoms with Crippen molar-refractivity contribution >= 4 is 35.1 Å². The topological polar surface area (TPSA) is 110 Å². The van der Waals surface area contributed by atoms with E-state index in [9.17, 15) is 14.7 Å². The fourth-order valence-electron chi connectivity index (χ4n) is 1.77. The van der Waals surface area contributed by atoms with Crippen molar-refractivity contribution in [3.8, 4) is 0 Å². The van der Waals surface area contributed by atoms with Crippen LogP contribution >= 0.6 is 23.2 Å². The molecule has 0 spiro atoms. The third kappa shape index (κ3) is 3.34. The molecular formula is C12H11Cl2N5O3. The smallest absolute Gasteiger partial charge is 0.333 e. The standard InChI is InChI=1S/C12H11Cl2N5O3/c1-12(11(21)22,7-2-3-8(13)9(14)4-7)16-10(20)5-19-6-15-17-18-19/h2-4,6H,5H2,1H3,(H,16,20)(H,21,22). The van der Waals surface area contributed by atoms with Crippen LogP contribution in [0.4, 0.5) is 0 Å². The molecule has 0 fully saturated rings. The lowest BCUT2D eigenvalue weighted by atomic mass is 9.92. The lowest BCUT2D eigenvalue weighted by Crippen LogP contribution is -2.50. The van der Waals surface area contributed by atoms with E-state index in [4.69, 9.17) is 23.2 Å². The number of benzene rings is 1. The number of carboxylic acid groups (broad SMARTS) is 1. The highest BCUT2D eigenvalue weighted by molar-refractivity contribution is 6.42. The number of carbonyl (C=O) groups excluding carboxylic acids is 1. The molecule has 0 radical (unpaired) electrons. The van der Waals surface area contributed by atoms with Crippen LogP contribution in [0.25, 0.3) is 0 Å². The number of nitrogens with one attached hydrogen (secondary N) is 1. The number of nitrogens with zero attached hydrogens (tertiary/aromatic N) is 4. The van der Waals surface area contributed by atoms with Crippen LogP contribution in [-0.2, 0) is 21.7 Å². The highest BCUT2D eigenvalue weighted by Gasteiger charge is 2.37. The van der Waals surface area contributed by atoms with E-state index >= 15 is 0 Å². The average molecular weight is 344 g/mol. The van der Waals surface area contributed by atoms with E-state index in [1.807, 2.05) is 0 Å². The molecule has 1 heterocycles. The van der Waals surface area contributed by atoms with E-state index in [0.29, 0.717) is 5.56 Å². The minimum Gasteiger partial charge on any atom is -0.479 e. The highest BCUT2D eigenvalue weighted by atomic mass is 35.5. The number of carboxylic acids is 1. The van der Waals surface area contributed by atoms with Gasteiger partial charge < -0.3 is 10.4 Å². The van der Waals surface area contributed by atoms with Gasteiger partial charge in [0.1, 0.15) is 12.9 Å². The Labute approximate surface area is 135 Å². The number of carbonyl (C=O) groups is 2. The quantitative estimate of drug-likeness (QED) is 0.840. The van der Waals surface area contributed by atoms with Gasteiger partial charge in [0.15, 0.2) is 5.54 Å². The Morgan fingerprint density at radius 3 is 2.64 bits per heavy atom. The van der Waals surface area contributed by atoms with Crippen molar-refractivity contribution in [2.45, 2.75) is 19.0 Å². The number of tetrazole rings is 1. The maximum Gasteiger partial charge on any atom is 0.333 e. The molecular weight excluding hydrogens is 333 g/mol. The second kappa shape index (κ2) is 6.29. The van der Waals surface area contributed by atoms with Crippen LogP contribution in [0.3, 0.4) is 0 Å². The molecule has 10 heteroatoms. The second-order valence-corrected chi connectivity index (χ2v) is 5.43. The van der Waals surface area contributed by atoms with Crippen molar-refractivity contribution in [2.24, 2.45) is 0 Å². The lowest BCUT2D eigenvalue weighted by Gasteiger charge is -2.27. The first kappa shape index (κ1) is 16.2. The van der Waals surface area contributed by atoms with Gasteiger partial charge in [-0.15, -0.1) is 5.10 Å². The van der Waals surface area contributed by atoms with E-state index in [2.05, 4.69) is 20.8 Å². The minimum absolute atomic E-state index is 0.196. The van der Waals surface area contributed by atoms with Crippen LogP contribution in [-0.4, -0.2) is 37.2 Å². The predicted octanol–water partition coefficient (Wildman–Crippen LogP) is 1.10. The summed E-state index contributed by atoms with van der Waals surface area (Å²) in [5.74, 6) is -1.81. The number of aliphatic carboxylic acids is 1. The zero-order valence-electron chi connectivity index (χ0n) is 11.3. The van der Waals surface area contributed by atoms with Crippen molar-refractivity contribution in [3.63, 3.8) is 0 Å². The largest absolute Gasteiger partial charge is 0.479 e. The Balaban J connectivity index is 2.25. The third-order valence-corrected chi connectivity index (χ3v) is 3.75. The van der Waals surface area contributed by atoms with Crippen LogP contribution in [0.15, 0.2) is 24.5 Å². The summed E-state index contributed by atoms with van der Waals surface area (Å²) in [5, 5.41) is 22.7. The molecule has 1 unspecified atom stereocenters. The van der Waals surface area contributed by atoms with E-state index in [1.165, 1.54) is 36.1 Å². The fourth-order valence-corrected chi connectivity index (χ4v) is 2.07. The van der Waals surface area contributed by atoms with Crippen LogP contribution in [0.1, 0.15) is 12.5 Å². The van der Waals surface area contributed by atoms with Crippen LogP contribution in [0.5, 0.6) is 0 Å². The van der Waals surface area contributed by atoms with Gasteiger partial charge in [-0.25, -0.2) is 9.48 Å². The maximum absolute atomic E-state index is 12.0. The molecule has 0 saturated carbocycles. The van der Waals surface area contributed by atoms with Gasteiger partial charge in [-0.2, -0.15) is 0 Å². The number of rotatable bonds is 5. The number of aromatic nitrogens is 4. The highest BCUT2D eigenvalue weighted by Crippen LogP contribution is 2.29. The average Bonchev–Trinajstić information content (AvgIpc) is 2.94. The molecule has 1 amide bonds. The molecule has 0 aliphatic heterocycles. The maximum atomic E-state index is 12.0. The fraction of sp³-hybridized carbons (Fsp3) is 0.250. The van der Waals surface area contributed by atoms with E-state index in [1.54, 1.807) is 0 Å². The molecule has 0 saturated heterocycles. The molecule has 8 nitrogen and oxygen atoms in total. The number of halogens is 2. The van der Waals surface area contributed by atoms with Gasteiger partial charge in [0, 0.05) is 0 Å². The summed E-state index contributed by atoms with van der Waals surface area (Å²) in [6, 6.07) is 4.35.